The Kier molecular flexibility index (Phi) is 7.64. The number of ether oxygens (including phenoxy) is 1. The van der Waals surface area contributed by atoms with Crippen LogP contribution in [0.3, 0.4) is 0 Å². The van der Waals surface area contributed by atoms with Crippen molar-refractivity contribution < 1.29 is 24.2 Å². The quantitative estimate of drug-likeness (QED) is 0.727. The first-order valence-corrected chi connectivity index (χ1v) is 9.38. The number of carboxylic acids is 1. The normalized spacial score (nSPS) is 15.6. The summed E-state index contributed by atoms with van der Waals surface area (Å²) >= 11 is 0. The molecule has 148 valence electrons. The molecule has 7 nitrogen and oxygen atoms in total. The molecule has 0 aliphatic heterocycles. The molecule has 1 atom stereocenters. The number of likely N-dealkylation sites (N-methyl/N-ethyl adjacent to an activating group) is 1. The van der Waals surface area contributed by atoms with Gasteiger partial charge in [-0.2, -0.15) is 0 Å². The zero-order chi connectivity index (χ0) is 19.8. The van der Waals surface area contributed by atoms with Crippen LogP contribution < -0.4 is 15.0 Å². The highest BCUT2D eigenvalue weighted by molar-refractivity contribution is 5.98. The molecule has 27 heavy (non-hydrogen) atoms. The molecule has 1 saturated carbocycles. The van der Waals surface area contributed by atoms with Gasteiger partial charge in [0.25, 0.3) is 0 Å². The van der Waals surface area contributed by atoms with E-state index < -0.39 is 18.6 Å². The molecule has 1 aliphatic rings. The van der Waals surface area contributed by atoms with Crippen LogP contribution in [0.1, 0.15) is 45.4 Å². The number of carbonyl (C=O) groups is 3. The van der Waals surface area contributed by atoms with E-state index in [1.54, 1.807) is 38.2 Å². The minimum absolute atomic E-state index is 0.0754. The number of carboxylic acid groups (broad SMARTS) is 1. The Balaban J connectivity index is 1.85. The van der Waals surface area contributed by atoms with Gasteiger partial charge in [0.1, 0.15) is 11.8 Å². The standard InChI is InChI=1S/C20H28N2O5/c1-14(21-18(23)12-15-6-4-3-5-7-15)20(26)22(2)16-8-10-17(11-9-16)27-13-19(24)25/h8-11,14-15H,3-7,12-13H2,1-2H3,(H,21,23)(H,24,25). The summed E-state index contributed by atoms with van der Waals surface area (Å²) in [6, 6.07) is 5.94. The Morgan fingerprint density at radius 2 is 1.81 bits per heavy atom. The molecule has 0 spiro atoms. The fourth-order valence-corrected chi connectivity index (χ4v) is 3.34. The molecule has 7 heteroatoms. The number of aliphatic carboxylic acids is 1. The monoisotopic (exact) mass is 376 g/mol. The predicted molar refractivity (Wildman–Crippen MR) is 102 cm³/mol. The van der Waals surface area contributed by atoms with Crippen LogP contribution in [0.2, 0.25) is 0 Å². The molecule has 1 aliphatic carbocycles. The van der Waals surface area contributed by atoms with Crippen molar-refractivity contribution in [3.05, 3.63) is 24.3 Å². The highest BCUT2D eigenvalue weighted by atomic mass is 16.5. The van der Waals surface area contributed by atoms with Gasteiger partial charge in [0, 0.05) is 19.2 Å². The Morgan fingerprint density at radius 3 is 2.41 bits per heavy atom. The van der Waals surface area contributed by atoms with Crippen LogP contribution in [-0.2, 0) is 14.4 Å². The number of hydrogen-bond acceptors (Lipinski definition) is 4. The van der Waals surface area contributed by atoms with Crippen LogP contribution >= 0.6 is 0 Å². The predicted octanol–water partition coefficient (Wildman–Crippen LogP) is 2.59. The average Bonchev–Trinajstić information content (AvgIpc) is 2.66. The van der Waals surface area contributed by atoms with Gasteiger partial charge in [0.05, 0.1) is 0 Å². The Hall–Kier alpha value is -2.57. The number of amides is 2. The van der Waals surface area contributed by atoms with Crippen LogP contribution in [0.15, 0.2) is 24.3 Å². The van der Waals surface area contributed by atoms with Crippen molar-refractivity contribution in [1.82, 2.24) is 5.32 Å². The maximum atomic E-state index is 12.6. The lowest BCUT2D eigenvalue weighted by atomic mass is 9.87. The third kappa shape index (κ3) is 6.58. The Bertz CT molecular complexity index is 653. The van der Waals surface area contributed by atoms with Crippen LogP contribution in [0.4, 0.5) is 5.69 Å². The van der Waals surface area contributed by atoms with Crippen molar-refractivity contribution >= 4 is 23.5 Å². The Labute approximate surface area is 159 Å². The van der Waals surface area contributed by atoms with Crippen LogP contribution in [-0.4, -0.2) is 42.6 Å². The Morgan fingerprint density at radius 1 is 1.19 bits per heavy atom. The molecule has 2 rings (SSSR count). The van der Waals surface area contributed by atoms with Gasteiger partial charge in [-0.05, 0) is 49.9 Å². The fraction of sp³-hybridized carbons (Fsp3) is 0.550. The number of nitrogens with one attached hydrogen (secondary N) is 1. The van der Waals surface area contributed by atoms with Crippen molar-refractivity contribution in [2.45, 2.75) is 51.5 Å². The molecular formula is C20H28N2O5. The molecule has 0 aromatic heterocycles. The molecule has 0 bridgehead atoms. The summed E-state index contributed by atoms with van der Waals surface area (Å²) in [6.07, 6.45) is 6.27. The summed E-state index contributed by atoms with van der Waals surface area (Å²) < 4.78 is 5.07. The van der Waals surface area contributed by atoms with Gasteiger partial charge in [-0.25, -0.2) is 4.79 Å². The second-order valence-corrected chi connectivity index (χ2v) is 7.07. The number of nitrogens with zero attached hydrogens (tertiary/aromatic N) is 1. The molecule has 1 aromatic rings. The lowest BCUT2D eigenvalue weighted by molar-refractivity contribution is -0.139. The van der Waals surface area contributed by atoms with Gasteiger partial charge < -0.3 is 20.1 Å². The summed E-state index contributed by atoms with van der Waals surface area (Å²) in [5, 5.41) is 11.4. The first-order chi connectivity index (χ1) is 12.9. The van der Waals surface area contributed by atoms with E-state index in [-0.39, 0.29) is 11.8 Å². The third-order valence-corrected chi connectivity index (χ3v) is 4.86. The maximum Gasteiger partial charge on any atom is 0.341 e. The first kappa shape index (κ1) is 20.7. The van der Waals surface area contributed by atoms with Crippen LogP contribution in [0.25, 0.3) is 0 Å². The van der Waals surface area contributed by atoms with E-state index in [9.17, 15) is 14.4 Å². The number of benzene rings is 1. The van der Waals surface area contributed by atoms with Crippen LogP contribution in [0.5, 0.6) is 5.75 Å². The third-order valence-electron chi connectivity index (χ3n) is 4.86. The van der Waals surface area contributed by atoms with Crippen molar-refractivity contribution in [2.75, 3.05) is 18.6 Å². The van der Waals surface area contributed by atoms with E-state index in [0.29, 0.717) is 23.8 Å². The topological polar surface area (TPSA) is 95.9 Å². The minimum atomic E-state index is -1.05. The van der Waals surface area contributed by atoms with Gasteiger partial charge in [0.15, 0.2) is 6.61 Å². The van der Waals surface area contributed by atoms with E-state index in [2.05, 4.69) is 5.32 Å². The van der Waals surface area contributed by atoms with Gasteiger partial charge in [-0.3, -0.25) is 9.59 Å². The first-order valence-electron chi connectivity index (χ1n) is 9.38. The number of rotatable bonds is 8. The van der Waals surface area contributed by atoms with E-state index in [1.807, 2.05) is 0 Å². The molecule has 1 aromatic carbocycles. The second-order valence-electron chi connectivity index (χ2n) is 7.07. The van der Waals surface area contributed by atoms with Crippen molar-refractivity contribution in [2.24, 2.45) is 5.92 Å². The van der Waals surface area contributed by atoms with Gasteiger partial charge in [0.2, 0.25) is 11.8 Å². The average molecular weight is 376 g/mol. The van der Waals surface area contributed by atoms with E-state index in [1.165, 1.54) is 24.2 Å². The molecule has 0 heterocycles. The van der Waals surface area contributed by atoms with E-state index in [4.69, 9.17) is 9.84 Å². The number of hydrogen-bond donors (Lipinski definition) is 2. The fourth-order valence-electron chi connectivity index (χ4n) is 3.34. The molecule has 0 radical (unpaired) electrons. The van der Waals surface area contributed by atoms with E-state index >= 15 is 0 Å². The zero-order valence-corrected chi connectivity index (χ0v) is 15.9. The van der Waals surface area contributed by atoms with Gasteiger partial charge in [-0.1, -0.05) is 19.3 Å². The van der Waals surface area contributed by atoms with Crippen molar-refractivity contribution in [1.29, 1.82) is 0 Å². The number of anilines is 1. The molecule has 1 unspecified atom stereocenters. The highest BCUT2D eigenvalue weighted by Crippen LogP contribution is 2.26. The summed E-state index contributed by atoms with van der Waals surface area (Å²) in [5.41, 5.74) is 0.635. The highest BCUT2D eigenvalue weighted by Gasteiger charge is 2.23. The smallest absolute Gasteiger partial charge is 0.341 e. The van der Waals surface area contributed by atoms with Crippen LogP contribution in [0, 0.1) is 5.92 Å². The van der Waals surface area contributed by atoms with Gasteiger partial charge in [-0.15, -0.1) is 0 Å². The molecule has 0 saturated heterocycles. The molecular weight excluding hydrogens is 348 g/mol. The summed E-state index contributed by atoms with van der Waals surface area (Å²) in [6.45, 7) is 1.26. The summed E-state index contributed by atoms with van der Waals surface area (Å²) in [7, 11) is 1.64. The zero-order valence-electron chi connectivity index (χ0n) is 15.9. The lowest BCUT2D eigenvalue weighted by Gasteiger charge is -2.24. The largest absolute Gasteiger partial charge is 0.482 e. The van der Waals surface area contributed by atoms with Crippen molar-refractivity contribution in [3.63, 3.8) is 0 Å². The van der Waals surface area contributed by atoms with Gasteiger partial charge >= 0.3 is 5.97 Å². The number of carbonyl (C=O) groups excluding carboxylic acids is 2. The van der Waals surface area contributed by atoms with Crippen molar-refractivity contribution in [3.8, 4) is 5.75 Å². The maximum absolute atomic E-state index is 12.6. The molecule has 1 fully saturated rings. The molecule has 2 N–H and O–H groups in total. The SMILES string of the molecule is CC(NC(=O)CC1CCCCC1)C(=O)N(C)c1ccc(OCC(=O)O)cc1. The lowest BCUT2D eigenvalue weighted by Crippen LogP contribution is -2.46. The summed E-state index contributed by atoms with van der Waals surface area (Å²) in [4.78, 5) is 36.8. The van der Waals surface area contributed by atoms with E-state index in [0.717, 1.165) is 12.8 Å². The minimum Gasteiger partial charge on any atom is -0.482 e. The molecule has 2 amide bonds. The second kappa shape index (κ2) is 9.94. The summed E-state index contributed by atoms with van der Waals surface area (Å²) in [5.74, 6) is -0.503.